The fourth-order valence-electron chi connectivity index (χ4n) is 1.77. The van der Waals surface area contributed by atoms with E-state index >= 15 is 0 Å². The van der Waals surface area contributed by atoms with Gasteiger partial charge in [0.25, 0.3) is 5.56 Å². The van der Waals surface area contributed by atoms with Crippen molar-refractivity contribution in [2.75, 3.05) is 0 Å². The first kappa shape index (κ1) is 14.6. The Labute approximate surface area is 122 Å². The zero-order valence-corrected chi connectivity index (χ0v) is 12.7. The van der Waals surface area contributed by atoms with E-state index in [1.807, 2.05) is 19.1 Å². The molecule has 2 aromatic rings. The van der Waals surface area contributed by atoms with Gasteiger partial charge in [0.1, 0.15) is 5.75 Å². The smallest absolute Gasteiger partial charge is 0.273 e. The van der Waals surface area contributed by atoms with Gasteiger partial charge in [0.05, 0.1) is 6.33 Å². The SMILES string of the molecule is Cc1cc(C(C)(C)C)ccc1Oc1nc[nH]c(=O)c1Cl. The molecular weight excluding hydrogens is 276 g/mol. The van der Waals surface area contributed by atoms with Crippen LogP contribution in [0.3, 0.4) is 0 Å². The number of ether oxygens (including phenoxy) is 1. The number of hydrogen-bond donors (Lipinski definition) is 1. The lowest BCUT2D eigenvalue weighted by atomic mass is 9.86. The van der Waals surface area contributed by atoms with Crippen LogP contribution in [0.4, 0.5) is 0 Å². The Morgan fingerprint density at radius 3 is 2.60 bits per heavy atom. The highest BCUT2D eigenvalue weighted by atomic mass is 35.5. The van der Waals surface area contributed by atoms with Crippen LogP contribution in [0.25, 0.3) is 0 Å². The van der Waals surface area contributed by atoms with Crippen LogP contribution < -0.4 is 10.3 Å². The molecule has 0 atom stereocenters. The average Bonchev–Trinajstić information content (AvgIpc) is 2.36. The van der Waals surface area contributed by atoms with Crippen LogP contribution in [0.5, 0.6) is 11.6 Å². The number of nitrogens with zero attached hydrogens (tertiary/aromatic N) is 1. The van der Waals surface area contributed by atoms with Crippen molar-refractivity contribution in [2.24, 2.45) is 0 Å². The Morgan fingerprint density at radius 1 is 1.30 bits per heavy atom. The zero-order valence-electron chi connectivity index (χ0n) is 12.0. The molecule has 0 amide bonds. The average molecular weight is 293 g/mol. The minimum atomic E-state index is -0.416. The van der Waals surface area contributed by atoms with Gasteiger partial charge in [-0.15, -0.1) is 0 Å². The van der Waals surface area contributed by atoms with Gasteiger partial charge in [-0.3, -0.25) is 4.79 Å². The minimum absolute atomic E-state index is 0.0493. The molecular formula is C15H17ClN2O2. The Hall–Kier alpha value is -1.81. The van der Waals surface area contributed by atoms with Crippen LogP contribution in [0.2, 0.25) is 5.02 Å². The largest absolute Gasteiger partial charge is 0.437 e. The first-order chi connectivity index (χ1) is 9.29. The molecule has 5 heteroatoms. The van der Waals surface area contributed by atoms with Crippen molar-refractivity contribution < 1.29 is 4.74 Å². The summed E-state index contributed by atoms with van der Waals surface area (Å²) in [7, 11) is 0. The maximum absolute atomic E-state index is 11.4. The van der Waals surface area contributed by atoms with Crippen molar-refractivity contribution in [3.63, 3.8) is 0 Å². The fraction of sp³-hybridized carbons (Fsp3) is 0.333. The normalized spacial score (nSPS) is 11.4. The second-order valence-corrected chi connectivity index (χ2v) is 6.06. The summed E-state index contributed by atoms with van der Waals surface area (Å²) in [5, 5.41) is -0.0493. The number of nitrogens with one attached hydrogen (secondary N) is 1. The predicted octanol–water partition coefficient (Wildman–Crippen LogP) is 3.82. The number of aromatic amines is 1. The number of halogens is 1. The van der Waals surface area contributed by atoms with E-state index < -0.39 is 5.56 Å². The van der Waals surface area contributed by atoms with Gasteiger partial charge in [0.2, 0.25) is 5.88 Å². The first-order valence-corrected chi connectivity index (χ1v) is 6.69. The molecule has 4 nitrogen and oxygen atoms in total. The molecule has 0 bridgehead atoms. The summed E-state index contributed by atoms with van der Waals surface area (Å²) >= 11 is 5.87. The van der Waals surface area contributed by atoms with Crippen molar-refractivity contribution >= 4 is 11.6 Å². The third-order valence-corrected chi connectivity index (χ3v) is 3.35. The Bertz CT molecular complexity index is 687. The molecule has 0 radical (unpaired) electrons. The van der Waals surface area contributed by atoms with Gasteiger partial charge >= 0.3 is 0 Å². The van der Waals surface area contributed by atoms with Gasteiger partial charge in [-0.2, -0.15) is 0 Å². The molecule has 1 N–H and O–H groups in total. The molecule has 0 saturated heterocycles. The van der Waals surface area contributed by atoms with E-state index in [1.165, 1.54) is 11.9 Å². The van der Waals surface area contributed by atoms with Crippen LogP contribution in [0, 0.1) is 6.92 Å². The number of hydrogen-bond acceptors (Lipinski definition) is 3. The molecule has 0 aliphatic rings. The number of aromatic nitrogens is 2. The van der Waals surface area contributed by atoms with E-state index in [2.05, 4.69) is 36.8 Å². The summed E-state index contributed by atoms with van der Waals surface area (Å²) < 4.78 is 5.63. The number of aryl methyl sites for hydroxylation is 1. The molecule has 0 aliphatic heterocycles. The fourth-order valence-corrected chi connectivity index (χ4v) is 1.91. The molecule has 106 valence electrons. The van der Waals surface area contributed by atoms with Crippen molar-refractivity contribution in [1.82, 2.24) is 9.97 Å². The van der Waals surface area contributed by atoms with E-state index in [9.17, 15) is 4.79 Å². The zero-order chi connectivity index (χ0) is 14.9. The standard InChI is InChI=1S/C15H17ClN2O2/c1-9-7-10(15(2,3)4)5-6-11(9)20-14-12(16)13(19)17-8-18-14/h5-8H,1-4H3,(H,17,18,19). The Morgan fingerprint density at radius 2 is 2.00 bits per heavy atom. The van der Waals surface area contributed by atoms with E-state index in [0.717, 1.165) is 5.56 Å². The summed E-state index contributed by atoms with van der Waals surface area (Å²) in [5.74, 6) is 0.750. The molecule has 0 aliphatic carbocycles. The lowest BCUT2D eigenvalue weighted by molar-refractivity contribution is 0.456. The lowest BCUT2D eigenvalue weighted by Gasteiger charge is -2.20. The number of rotatable bonds is 2. The summed E-state index contributed by atoms with van der Waals surface area (Å²) in [5.41, 5.74) is 1.84. The second-order valence-electron chi connectivity index (χ2n) is 5.68. The second kappa shape index (κ2) is 5.29. The number of H-pyrrole nitrogens is 1. The Kier molecular flexibility index (Phi) is 3.86. The van der Waals surface area contributed by atoms with Gasteiger partial charge < -0.3 is 9.72 Å². The van der Waals surface area contributed by atoms with Crippen molar-refractivity contribution in [1.29, 1.82) is 0 Å². The van der Waals surface area contributed by atoms with E-state index in [-0.39, 0.29) is 16.3 Å². The molecule has 1 aromatic carbocycles. The molecule has 0 fully saturated rings. The van der Waals surface area contributed by atoms with Gasteiger partial charge in [-0.1, -0.05) is 44.5 Å². The first-order valence-electron chi connectivity index (χ1n) is 6.31. The highest BCUT2D eigenvalue weighted by Crippen LogP contribution is 2.30. The highest BCUT2D eigenvalue weighted by molar-refractivity contribution is 6.31. The maximum Gasteiger partial charge on any atom is 0.273 e. The molecule has 1 aromatic heterocycles. The van der Waals surface area contributed by atoms with Gasteiger partial charge in [0, 0.05) is 0 Å². The summed E-state index contributed by atoms with van der Waals surface area (Å²) in [6.45, 7) is 8.40. The van der Waals surface area contributed by atoms with Crippen molar-refractivity contribution in [3.8, 4) is 11.6 Å². The monoisotopic (exact) mass is 292 g/mol. The topological polar surface area (TPSA) is 55.0 Å². The van der Waals surface area contributed by atoms with Crippen LogP contribution >= 0.6 is 11.6 Å². The summed E-state index contributed by atoms with van der Waals surface area (Å²) in [6.07, 6.45) is 1.27. The third kappa shape index (κ3) is 3.02. The summed E-state index contributed by atoms with van der Waals surface area (Å²) in [4.78, 5) is 17.7. The van der Waals surface area contributed by atoms with Crippen molar-refractivity contribution in [2.45, 2.75) is 33.1 Å². The Balaban J connectivity index is 2.36. The third-order valence-electron chi connectivity index (χ3n) is 3.01. The number of benzene rings is 1. The maximum atomic E-state index is 11.4. The molecule has 0 unspecified atom stereocenters. The van der Waals surface area contributed by atoms with E-state index in [1.54, 1.807) is 0 Å². The van der Waals surface area contributed by atoms with Crippen LogP contribution in [-0.4, -0.2) is 9.97 Å². The van der Waals surface area contributed by atoms with Crippen LogP contribution in [0.1, 0.15) is 31.9 Å². The van der Waals surface area contributed by atoms with Crippen LogP contribution in [-0.2, 0) is 5.41 Å². The molecule has 0 spiro atoms. The quantitative estimate of drug-likeness (QED) is 0.915. The van der Waals surface area contributed by atoms with Gasteiger partial charge in [-0.05, 0) is 29.5 Å². The minimum Gasteiger partial charge on any atom is -0.437 e. The molecule has 2 rings (SSSR count). The summed E-state index contributed by atoms with van der Waals surface area (Å²) in [6, 6.07) is 5.94. The van der Waals surface area contributed by atoms with Crippen molar-refractivity contribution in [3.05, 3.63) is 51.0 Å². The van der Waals surface area contributed by atoms with E-state index in [0.29, 0.717) is 5.75 Å². The van der Waals surface area contributed by atoms with E-state index in [4.69, 9.17) is 16.3 Å². The van der Waals surface area contributed by atoms with Gasteiger partial charge in [-0.25, -0.2) is 4.98 Å². The molecule has 20 heavy (non-hydrogen) atoms. The lowest BCUT2D eigenvalue weighted by Crippen LogP contribution is -2.11. The molecule has 1 heterocycles. The predicted molar refractivity (Wildman–Crippen MR) is 79.8 cm³/mol. The van der Waals surface area contributed by atoms with Crippen LogP contribution in [0.15, 0.2) is 29.3 Å². The highest BCUT2D eigenvalue weighted by Gasteiger charge is 2.16. The van der Waals surface area contributed by atoms with Gasteiger partial charge in [0.15, 0.2) is 5.02 Å². The molecule has 0 saturated carbocycles.